The first-order chi connectivity index (χ1) is 11.7. The van der Waals surface area contributed by atoms with Gasteiger partial charge in [-0.15, -0.1) is 0 Å². The van der Waals surface area contributed by atoms with Crippen LogP contribution in [0.5, 0.6) is 0 Å². The van der Waals surface area contributed by atoms with Gasteiger partial charge in [0.15, 0.2) is 0 Å². The number of rotatable bonds is 12. The van der Waals surface area contributed by atoms with E-state index >= 15 is 0 Å². The van der Waals surface area contributed by atoms with Crippen LogP contribution in [0, 0.1) is 0 Å². The summed E-state index contributed by atoms with van der Waals surface area (Å²) in [6.07, 6.45) is 0.765. The Hall–Kier alpha value is -0.529. The van der Waals surface area contributed by atoms with Crippen molar-refractivity contribution in [2.75, 3.05) is 20.8 Å². The predicted octanol–water partition coefficient (Wildman–Crippen LogP) is 2.85. The molecule has 154 valence electrons. The fourth-order valence-electron chi connectivity index (χ4n) is 2.13. The minimum absolute atomic E-state index is 0.0170. The van der Waals surface area contributed by atoms with Crippen LogP contribution < -0.4 is 5.32 Å². The molecule has 0 saturated heterocycles. The molecule has 0 aliphatic rings. The van der Waals surface area contributed by atoms with Crippen LogP contribution in [0.2, 0.25) is 51.9 Å². The van der Waals surface area contributed by atoms with Crippen LogP contribution in [0.15, 0.2) is 0 Å². The van der Waals surface area contributed by atoms with E-state index in [1.165, 1.54) is 0 Å². The van der Waals surface area contributed by atoms with Crippen molar-refractivity contribution in [3.8, 4) is 0 Å². The van der Waals surface area contributed by atoms with Gasteiger partial charge in [-0.1, -0.05) is 0 Å². The number of carbonyl (C=O) groups excluding carboxylic acids is 2. The molecule has 1 unspecified atom stereocenters. The SMILES string of the molecule is CO[Si](C)(CCCNC(CC(=O)O[Si](C)(C)C)C(=O)O[Si](C)(C)C)OC. The third-order valence-corrected chi connectivity index (χ3v) is 8.19. The van der Waals surface area contributed by atoms with Gasteiger partial charge in [-0.25, -0.2) is 0 Å². The summed E-state index contributed by atoms with van der Waals surface area (Å²) < 4.78 is 22.0. The average Bonchev–Trinajstić information content (AvgIpc) is 2.46. The van der Waals surface area contributed by atoms with Crippen molar-refractivity contribution in [2.24, 2.45) is 0 Å². The van der Waals surface area contributed by atoms with Gasteiger partial charge in [-0.05, 0) is 64.8 Å². The highest BCUT2D eigenvalue weighted by molar-refractivity contribution is 6.71. The fourth-order valence-corrected chi connectivity index (χ4v) is 5.04. The molecular formula is C16H37NO6Si3. The molecule has 0 bridgehead atoms. The summed E-state index contributed by atoms with van der Waals surface area (Å²) in [5.74, 6) is -0.739. The molecule has 0 heterocycles. The highest BCUT2D eigenvalue weighted by atomic mass is 28.4. The van der Waals surface area contributed by atoms with Crippen molar-refractivity contribution in [1.29, 1.82) is 0 Å². The van der Waals surface area contributed by atoms with Crippen molar-refractivity contribution in [3.63, 3.8) is 0 Å². The molecule has 7 nitrogen and oxygen atoms in total. The maximum Gasteiger partial charge on any atom is 0.334 e. The Morgan fingerprint density at radius 3 is 1.81 bits per heavy atom. The summed E-state index contributed by atoms with van der Waals surface area (Å²) in [6, 6.07) is 0.103. The summed E-state index contributed by atoms with van der Waals surface area (Å²) in [6.45, 7) is 14.2. The molecule has 26 heavy (non-hydrogen) atoms. The number of hydrogen-bond acceptors (Lipinski definition) is 7. The first-order valence-electron chi connectivity index (χ1n) is 9.00. The van der Waals surface area contributed by atoms with Crippen molar-refractivity contribution in [1.82, 2.24) is 5.32 Å². The zero-order chi connectivity index (χ0) is 20.6. The normalized spacial score (nSPS) is 14.0. The fraction of sp³-hybridized carbons (Fsp3) is 0.875. The van der Waals surface area contributed by atoms with E-state index in [9.17, 15) is 9.59 Å². The Bertz CT molecular complexity index is 458. The summed E-state index contributed by atoms with van der Waals surface area (Å²) in [5, 5.41) is 3.15. The quantitative estimate of drug-likeness (QED) is 0.382. The zero-order valence-electron chi connectivity index (χ0n) is 17.9. The highest BCUT2D eigenvalue weighted by Gasteiger charge is 2.31. The summed E-state index contributed by atoms with van der Waals surface area (Å²) in [4.78, 5) is 24.6. The van der Waals surface area contributed by atoms with Crippen molar-refractivity contribution in [2.45, 2.75) is 70.8 Å². The lowest BCUT2D eigenvalue weighted by Crippen LogP contribution is -2.46. The van der Waals surface area contributed by atoms with E-state index in [0.717, 1.165) is 12.5 Å². The van der Waals surface area contributed by atoms with Crippen LogP contribution in [0.25, 0.3) is 0 Å². The molecule has 0 radical (unpaired) electrons. The molecule has 0 saturated carbocycles. The van der Waals surface area contributed by atoms with Gasteiger partial charge in [-0.2, -0.15) is 0 Å². The average molecular weight is 424 g/mol. The number of hydrogen-bond donors (Lipinski definition) is 1. The van der Waals surface area contributed by atoms with Crippen LogP contribution in [0.1, 0.15) is 12.8 Å². The van der Waals surface area contributed by atoms with E-state index in [4.69, 9.17) is 17.7 Å². The van der Waals surface area contributed by atoms with Gasteiger partial charge in [0.1, 0.15) is 6.04 Å². The second-order valence-electron chi connectivity index (χ2n) is 8.48. The number of carbonyl (C=O) groups is 2. The van der Waals surface area contributed by atoms with Crippen molar-refractivity contribution >= 4 is 37.1 Å². The van der Waals surface area contributed by atoms with E-state index in [1.54, 1.807) is 14.2 Å². The third-order valence-electron chi connectivity index (χ3n) is 3.54. The topological polar surface area (TPSA) is 83.1 Å². The summed E-state index contributed by atoms with van der Waals surface area (Å²) in [7, 11) is -2.85. The Balaban J connectivity index is 4.78. The van der Waals surface area contributed by atoms with Crippen molar-refractivity contribution in [3.05, 3.63) is 0 Å². The molecule has 0 aromatic heterocycles. The molecule has 0 rings (SSSR count). The zero-order valence-corrected chi connectivity index (χ0v) is 20.9. The number of nitrogens with one attached hydrogen (secondary N) is 1. The van der Waals surface area contributed by atoms with Crippen molar-refractivity contribution < 1.29 is 27.3 Å². The Morgan fingerprint density at radius 2 is 1.38 bits per heavy atom. The molecule has 0 aromatic carbocycles. The summed E-state index contributed by atoms with van der Waals surface area (Å²) >= 11 is 0. The molecule has 0 aromatic rings. The lowest BCUT2D eigenvalue weighted by molar-refractivity contribution is -0.143. The van der Waals surface area contributed by atoms with Gasteiger partial charge >= 0.3 is 14.5 Å². The Kier molecular flexibility index (Phi) is 10.5. The molecule has 0 amide bonds. The molecule has 0 aliphatic carbocycles. The van der Waals surface area contributed by atoms with Crippen LogP contribution >= 0.6 is 0 Å². The van der Waals surface area contributed by atoms with E-state index in [2.05, 4.69) is 5.32 Å². The van der Waals surface area contributed by atoms with Gasteiger partial charge in [0, 0.05) is 14.2 Å². The maximum absolute atomic E-state index is 12.5. The molecule has 0 spiro atoms. The van der Waals surface area contributed by atoms with Gasteiger partial charge in [0.05, 0.1) is 6.42 Å². The second kappa shape index (κ2) is 10.7. The Labute approximate surface area is 161 Å². The molecule has 10 heteroatoms. The van der Waals surface area contributed by atoms with Crippen LogP contribution in [-0.2, 0) is 27.3 Å². The van der Waals surface area contributed by atoms with E-state index in [-0.39, 0.29) is 18.4 Å². The third kappa shape index (κ3) is 12.0. The monoisotopic (exact) mass is 423 g/mol. The molecule has 0 fully saturated rings. The lowest BCUT2D eigenvalue weighted by Gasteiger charge is -2.26. The highest BCUT2D eigenvalue weighted by Crippen LogP contribution is 2.14. The largest absolute Gasteiger partial charge is 0.520 e. The first kappa shape index (κ1) is 25.5. The van der Waals surface area contributed by atoms with Gasteiger partial charge < -0.3 is 23.0 Å². The molecule has 1 N–H and O–H groups in total. The van der Waals surface area contributed by atoms with E-state index < -0.39 is 31.2 Å². The van der Waals surface area contributed by atoms with E-state index in [1.807, 2.05) is 45.8 Å². The molecule has 0 aliphatic heterocycles. The van der Waals surface area contributed by atoms with Gasteiger partial charge in [0.25, 0.3) is 5.97 Å². The van der Waals surface area contributed by atoms with Crippen LogP contribution in [-0.4, -0.2) is 63.9 Å². The van der Waals surface area contributed by atoms with Crippen LogP contribution in [0.3, 0.4) is 0 Å². The standard InChI is InChI=1S/C16H37NO6Si3/c1-20-26(9,21-2)12-10-11-17-14(16(19)23-25(6,7)8)13-15(18)22-24(3,4)5/h14,17H,10-13H2,1-9H3. The smallest absolute Gasteiger partial charge is 0.334 e. The molecular weight excluding hydrogens is 386 g/mol. The first-order valence-corrected chi connectivity index (χ1v) is 18.3. The Morgan fingerprint density at radius 1 is 0.885 bits per heavy atom. The minimum atomic E-state index is -2.13. The predicted molar refractivity (Wildman–Crippen MR) is 110 cm³/mol. The van der Waals surface area contributed by atoms with Gasteiger partial charge in [-0.3, -0.25) is 9.59 Å². The van der Waals surface area contributed by atoms with E-state index in [0.29, 0.717) is 6.54 Å². The molecule has 1 atom stereocenters. The van der Waals surface area contributed by atoms with Gasteiger partial charge in [0.2, 0.25) is 16.6 Å². The summed E-state index contributed by atoms with van der Waals surface area (Å²) in [5.41, 5.74) is 0. The van der Waals surface area contributed by atoms with Crippen LogP contribution in [0.4, 0.5) is 0 Å². The maximum atomic E-state index is 12.5. The lowest BCUT2D eigenvalue weighted by atomic mass is 10.2. The second-order valence-corrected chi connectivity index (χ2v) is 20.9. The minimum Gasteiger partial charge on any atom is -0.520 e.